The van der Waals surface area contributed by atoms with E-state index in [0.717, 1.165) is 29.8 Å². The third kappa shape index (κ3) is 2.09. The van der Waals surface area contributed by atoms with Crippen LogP contribution in [0.15, 0.2) is 12.2 Å². The largest absolute Gasteiger partial charge is 0.349 e. The first-order chi connectivity index (χ1) is 9.06. The molecule has 19 heavy (non-hydrogen) atoms. The Labute approximate surface area is 113 Å². The molecule has 0 aliphatic heterocycles. The van der Waals surface area contributed by atoms with E-state index in [9.17, 15) is 4.79 Å². The highest BCUT2D eigenvalue weighted by atomic mass is 16.2. The maximum absolute atomic E-state index is 12.4. The van der Waals surface area contributed by atoms with Gasteiger partial charge < -0.3 is 5.32 Å². The number of fused-ring (bicyclic) bond motifs is 2. The summed E-state index contributed by atoms with van der Waals surface area (Å²) in [5.41, 5.74) is 3.13. The summed E-state index contributed by atoms with van der Waals surface area (Å²) >= 11 is 0. The lowest BCUT2D eigenvalue weighted by Crippen LogP contribution is -2.35. The molecule has 1 saturated carbocycles. The van der Waals surface area contributed by atoms with E-state index in [1.54, 1.807) is 0 Å². The fourth-order valence-corrected chi connectivity index (χ4v) is 3.67. The number of rotatable bonds is 3. The molecule has 1 fully saturated rings. The molecule has 0 radical (unpaired) electrons. The highest BCUT2D eigenvalue weighted by molar-refractivity contribution is 5.80. The van der Waals surface area contributed by atoms with Gasteiger partial charge in [0.15, 0.2) is 0 Å². The maximum Gasteiger partial charge on any atom is 0.224 e. The Morgan fingerprint density at radius 1 is 1.42 bits per heavy atom. The molecule has 2 aliphatic rings. The van der Waals surface area contributed by atoms with E-state index in [4.69, 9.17) is 0 Å². The highest BCUT2D eigenvalue weighted by Gasteiger charge is 2.40. The maximum atomic E-state index is 12.4. The molecule has 4 atom stereocenters. The summed E-state index contributed by atoms with van der Waals surface area (Å²) < 4.78 is 0. The van der Waals surface area contributed by atoms with Crippen LogP contribution in [-0.2, 0) is 4.79 Å². The van der Waals surface area contributed by atoms with Crippen LogP contribution >= 0.6 is 0 Å². The second-order valence-electron chi connectivity index (χ2n) is 5.96. The van der Waals surface area contributed by atoms with Crippen LogP contribution in [0.2, 0.25) is 0 Å². The van der Waals surface area contributed by atoms with Crippen LogP contribution in [-0.4, -0.2) is 16.1 Å². The minimum absolute atomic E-state index is 0.0226. The van der Waals surface area contributed by atoms with Crippen molar-refractivity contribution in [2.75, 3.05) is 0 Å². The van der Waals surface area contributed by atoms with Gasteiger partial charge in [0.2, 0.25) is 5.91 Å². The van der Waals surface area contributed by atoms with Gasteiger partial charge in [0, 0.05) is 17.2 Å². The van der Waals surface area contributed by atoms with Gasteiger partial charge in [-0.15, -0.1) is 0 Å². The average Bonchev–Trinajstić information content (AvgIpc) is 3.05. The van der Waals surface area contributed by atoms with Crippen molar-refractivity contribution in [3.05, 3.63) is 29.1 Å². The number of amides is 1. The second-order valence-corrected chi connectivity index (χ2v) is 5.96. The predicted octanol–water partition coefficient (Wildman–Crippen LogP) is 2.42. The molecule has 2 aliphatic carbocycles. The Hall–Kier alpha value is -1.58. The van der Waals surface area contributed by atoms with Crippen molar-refractivity contribution in [3.8, 4) is 0 Å². The van der Waals surface area contributed by atoms with Gasteiger partial charge in [-0.05, 0) is 45.4 Å². The third-order valence-corrected chi connectivity index (χ3v) is 4.59. The van der Waals surface area contributed by atoms with Gasteiger partial charge in [0.1, 0.15) is 0 Å². The van der Waals surface area contributed by atoms with E-state index >= 15 is 0 Å². The van der Waals surface area contributed by atoms with Gasteiger partial charge in [-0.1, -0.05) is 12.2 Å². The number of carbonyl (C=O) groups is 1. The molecule has 0 aromatic carbocycles. The predicted molar refractivity (Wildman–Crippen MR) is 73.5 cm³/mol. The molecule has 2 N–H and O–H groups in total. The average molecular weight is 259 g/mol. The first kappa shape index (κ1) is 12.5. The zero-order valence-corrected chi connectivity index (χ0v) is 11.7. The van der Waals surface area contributed by atoms with Crippen molar-refractivity contribution in [2.45, 2.75) is 39.7 Å². The van der Waals surface area contributed by atoms with Crippen LogP contribution in [0.4, 0.5) is 0 Å². The monoisotopic (exact) mass is 259 g/mol. The van der Waals surface area contributed by atoms with Crippen LogP contribution in [0.3, 0.4) is 0 Å². The molecule has 102 valence electrons. The second kappa shape index (κ2) is 4.51. The first-order valence-electron chi connectivity index (χ1n) is 7.06. The number of hydrogen-bond acceptors (Lipinski definition) is 2. The van der Waals surface area contributed by atoms with E-state index in [2.05, 4.69) is 27.7 Å². The van der Waals surface area contributed by atoms with Gasteiger partial charge in [-0.3, -0.25) is 9.89 Å². The number of nitrogens with one attached hydrogen (secondary N) is 2. The van der Waals surface area contributed by atoms with Crippen LogP contribution < -0.4 is 5.32 Å². The number of carbonyl (C=O) groups excluding carboxylic acids is 1. The van der Waals surface area contributed by atoms with Crippen molar-refractivity contribution < 1.29 is 4.79 Å². The third-order valence-electron chi connectivity index (χ3n) is 4.59. The lowest BCUT2D eigenvalue weighted by molar-refractivity contribution is -0.126. The number of aromatic nitrogens is 2. The van der Waals surface area contributed by atoms with Crippen LogP contribution in [0.1, 0.15) is 42.8 Å². The normalized spacial score (nSPS) is 29.7. The zero-order chi connectivity index (χ0) is 13.6. The Morgan fingerprint density at radius 3 is 2.74 bits per heavy atom. The highest BCUT2D eigenvalue weighted by Crippen LogP contribution is 2.43. The van der Waals surface area contributed by atoms with Gasteiger partial charge in [-0.25, -0.2) is 0 Å². The van der Waals surface area contributed by atoms with Crippen molar-refractivity contribution in [2.24, 2.45) is 17.8 Å². The molecule has 0 spiro atoms. The lowest BCUT2D eigenvalue weighted by atomic mass is 9.92. The van der Waals surface area contributed by atoms with Crippen LogP contribution in [0, 0.1) is 31.6 Å². The summed E-state index contributed by atoms with van der Waals surface area (Å²) in [7, 11) is 0. The van der Waals surface area contributed by atoms with E-state index < -0.39 is 0 Å². The molecule has 1 amide bonds. The quantitative estimate of drug-likeness (QED) is 0.819. The SMILES string of the molecule is Cc1n[nH]c(C)c1C(C)NC(=O)[C@@H]1C[C@@H]2C=C[C@H]1C2. The molecule has 4 heteroatoms. The number of aromatic amines is 1. The van der Waals surface area contributed by atoms with Gasteiger partial charge in [0.05, 0.1) is 11.7 Å². The summed E-state index contributed by atoms with van der Waals surface area (Å²) in [6.45, 7) is 6.01. The topological polar surface area (TPSA) is 57.8 Å². The molecular formula is C15H21N3O. The molecule has 3 rings (SSSR count). The fourth-order valence-electron chi connectivity index (χ4n) is 3.67. The van der Waals surface area contributed by atoms with E-state index in [0.29, 0.717) is 11.8 Å². The number of allylic oxidation sites excluding steroid dienone is 2. The molecule has 1 heterocycles. The number of hydrogen-bond donors (Lipinski definition) is 2. The van der Waals surface area contributed by atoms with Gasteiger partial charge in [-0.2, -0.15) is 5.10 Å². The summed E-state index contributed by atoms with van der Waals surface area (Å²) in [6, 6.07) is 0.0226. The van der Waals surface area contributed by atoms with Gasteiger partial charge in [0.25, 0.3) is 0 Å². The van der Waals surface area contributed by atoms with Crippen LogP contribution in [0.25, 0.3) is 0 Å². The smallest absolute Gasteiger partial charge is 0.224 e. The summed E-state index contributed by atoms with van der Waals surface area (Å²) in [4.78, 5) is 12.4. The molecule has 1 aromatic heterocycles. The Kier molecular flexibility index (Phi) is 2.96. The Balaban J connectivity index is 1.68. The number of nitrogens with zero attached hydrogens (tertiary/aromatic N) is 1. The summed E-state index contributed by atoms with van der Waals surface area (Å²) in [5, 5.41) is 10.3. The zero-order valence-electron chi connectivity index (χ0n) is 11.7. The minimum Gasteiger partial charge on any atom is -0.349 e. The molecule has 0 saturated heterocycles. The van der Waals surface area contributed by atoms with Crippen molar-refractivity contribution in [3.63, 3.8) is 0 Å². The van der Waals surface area contributed by atoms with Gasteiger partial charge >= 0.3 is 0 Å². The standard InChI is InChI=1S/C15H21N3O/c1-8(14-9(2)17-18-10(14)3)16-15(19)13-7-11-4-5-12(13)6-11/h4-5,8,11-13H,6-7H2,1-3H3,(H,16,19)(H,17,18)/t8?,11-,12+,13-/m1/s1. The van der Waals surface area contributed by atoms with E-state index in [1.165, 1.54) is 0 Å². The van der Waals surface area contributed by atoms with Crippen molar-refractivity contribution in [1.82, 2.24) is 15.5 Å². The minimum atomic E-state index is 0.0226. The number of aryl methyl sites for hydroxylation is 2. The lowest BCUT2D eigenvalue weighted by Gasteiger charge is -2.21. The molecule has 2 bridgehead atoms. The Bertz CT molecular complexity index is 512. The molecule has 1 unspecified atom stereocenters. The Morgan fingerprint density at radius 2 is 2.21 bits per heavy atom. The molecule has 4 nitrogen and oxygen atoms in total. The number of H-pyrrole nitrogens is 1. The molecule has 1 aromatic rings. The fraction of sp³-hybridized carbons (Fsp3) is 0.600. The first-order valence-corrected chi connectivity index (χ1v) is 7.06. The van der Waals surface area contributed by atoms with E-state index in [-0.39, 0.29) is 17.9 Å². The summed E-state index contributed by atoms with van der Waals surface area (Å²) in [5.74, 6) is 1.46. The van der Waals surface area contributed by atoms with E-state index in [1.807, 2.05) is 20.8 Å². The molecular weight excluding hydrogens is 238 g/mol. The summed E-state index contributed by atoms with van der Waals surface area (Å²) in [6.07, 6.45) is 6.67. The van der Waals surface area contributed by atoms with Crippen molar-refractivity contribution in [1.29, 1.82) is 0 Å². The van der Waals surface area contributed by atoms with Crippen LogP contribution in [0.5, 0.6) is 0 Å². The van der Waals surface area contributed by atoms with Crippen molar-refractivity contribution >= 4 is 5.91 Å².